The first kappa shape index (κ1) is 19.3. The van der Waals surface area contributed by atoms with Gasteiger partial charge < -0.3 is 4.52 Å². The van der Waals surface area contributed by atoms with Gasteiger partial charge in [0, 0.05) is 28.8 Å². The predicted molar refractivity (Wildman–Crippen MR) is 111 cm³/mol. The molecule has 1 atom stereocenters. The van der Waals surface area contributed by atoms with E-state index in [-0.39, 0.29) is 5.78 Å². The molecule has 0 amide bonds. The molecule has 0 saturated heterocycles. The lowest BCUT2D eigenvalue weighted by Gasteiger charge is -2.17. The number of hydrogen-bond donors (Lipinski definition) is 0. The smallest absolute Gasteiger partial charge is 0.261 e. The average Bonchev–Trinajstić information content (AvgIpc) is 2.67. The molecule has 0 aliphatic carbocycles. The molecular weight excluding hydrogens is 355 g/mol. The third-order valence-corrected chi connectivity index (χ3v) is 7.20. The summed E-state index contributed by atoms with van der Waals surface area (Å²) in [4.78, 5) is 13.0. The number of hydrogen-bond acceptors (Lipinski definition) is 3. The van der Waals surface area contributed by atoms with E-state index < -0.39 is 7.37 Å². The maximum absolute atomic E-state index is 13.4. The molecule has 0 aliphatic rings. The molecule has 3 rings (SSSR count). The standard InChI is InChI=1S/C23H23O3P/c1-16-14-17(2)22(18(3)15-16)23(24)19-10-12-21(13-11-19)27(25,26-4)20-8-6-5-7-9-20/h5-15H,1-4H3. The molecule has 138 valence electrons. The molecule has 3 aromatic rings. The largest absolute Gasteiger partial charge is 0.325 e. The van der Waals surface area contributed by atoms with Crippen molar-refractivity contribution in [3.05, 3.63) is 94.5 Å². The molecule has 3 aromatic carbocycles. The maximum atomic E-state index is 13.4. The first-order chi connectivity index (χ1) is 12.9. The van der Waals surface area contributed by atoms with Crippen molar-refractivity contribution in [2.45, 2.75) is 20.8 Å². The van der Waals surface area contributed by atoms with Crippen molar-refractivity contribution in [1.29, 1.82) is 0 Å². The van der Waals surface area contributed by atoms with Crippen LogP contribution < -0.4 is 10.6 Å². The molecule has 0 fully saturated rings. The molecule has 0 aliphatic heterocycles. The second-order valence-corrected chi connectivity index (χ2v) is 9.22. The second kappa shape index (κ2) is 7.64. The zero-order valence-corrected chi connectivity index (χ0v) is 16.9. The topological polar surface area (TPSA) is 43.4 Å². The summed E-state index contributed by atoms with van der Waals surface area (Å²) in [7, 11) is -1.71. The van der Waals surface area contributed by atoms with Crippen LogP contribution >= 0.6 is 7.37 Å². The fraction of sp³-hybridized carbons (Fsp3) is 0.174. The molecule has 0 aromatic heterocycles. The summed E-state index contributed by atoms with van der Waals surface area (Å²) >= 11 is 0. The number of ketones is 1. The summed E-state index contributed by atoms with van der Waals surface area (Å²) < 4.78 is 18.8. The van der Waals surface area contributed by atoms with Gasteiger partial charge in [-0.25, -0.2) is 0 Å². The Bertz CT molecular complexity index is 998. The van der Waals surface area contributed by atoms with Crippen LogP contribution in [-0.4, -0.2) is 12.9 Å². The van der Waals surface area contributed by atoms with Crippen molar-refractivity contribution < 1.29 is 13.9 Å². The van der Waals surface area contributed by atoms with Crippen molar-refractivity contribution in [3.8, 4) is 0 Å². The highest BCUT2D eigenvalue weighted by Crippen LogP contribution is 2.43. The van der Waals surface area contributed by atoms with E-state index in [9.17, 15) is 9.36 Å². The number of carbonyl (C=O) groups is 1. The number of aryl methyl sites for hydroxylation is 3. The molecule has 0 heterocycles. The zero-order valence-electron chi connectivity index (χ0n) is 16.0. The van der Waals surface area contributed by atoms with Gasteiger partial charge in [0.1, 0.15) is 0 Å². The third kappa shape index (κ3) is 3.66. The summed E-state index contributed by atoms with van der Waals surface area (Å²) in [5.74, 6) is -0.0245. The van der Waals surface area contributed by atoms with Crippen LogP contribution in [0.1, 0.15) is 32.6 Å². The van der Waals surface area contributed by atoms with E-state index in [0.717, 1.165) is 22.3 Å². The lowest BCUT2D eigenvalue weighted by molar-refractivity contribution is 0.103. The quantitative estimate of drug-likeness (QED) is 0.477. The summed E-state index contributed by atoms with van der Waals surface area (Å²) in [6, 6.07) is 20.1. The van der Waals surface area contributed by atoms with Gasteiger partial charge >= 0.3 is 0 Å². The fourth-order valence-corrected chi connectivity index (χ4v) is 5.30. The lowest BCUT2D eigenvalue weighted by atomic mass is 9.93. The minimum absolute atomic E-state index is 0.0245. The summed E-state index contributed by atoms with van der Waals surface area (Å²) in [5, 5.41) is 1.21. The third-order valence-electron chi connectivity index (χ3n) is 4.73. The zero-order chi connectivity index (χ0) is 19.6. The average molecular weight is 378 g/mol. The van der Waals surface area contributed by atoms with Gasteiger partial charge in [0.05, 0.1) is 0 Å². The Balaban J connectivity index is 1.99. The molecule has 1 unspecified atom stereocenters. The van der Waals surface area contributed by atoms with E-state index >= 15 is 0 Å². The Morgan fingerprint density at radius 2 is 1.33 bits per heavy atom. The van der Waals surface area contributed by atoms with Gasteiger partial charge in [0.2, 0.25) is 0 Å². The molecule has 0 radical (unpaired) electrons. The van der Waals surface area contributed by atoms with Gasteiger partial charge in [-0.2, -0.15) is 0 Å². The van der Waals surface area contributed by atoms with Crippen LogP contribution in [0, 0.1) is 20.8 Å². The monoisotopic (exact) mass is 378 g/mol. The molecule has 3 nitrogen and oxygen atoms in total. The van der Waals surface area contributed by atoms with Gasteiger partial charge in [-0.3, -0.25) is 9.36 Å². The summed E-state index contributed by atoms with van der Waals surface area (Å²) in [6.07, 6.45) is 0. The highest BCUT2D eigenvalue weighted by atomic mass is 31.2. The molecule has 4 heteroatoms. The van der Waals surface area contributed by atoms with E-state index in [0.29, 0.717) is 16.2 Å². The van der Waals surface area contributed by atoms with Crippen LogP contribution in [0.15, 0.2) is 66.7 Å². The second-order valence-electron chi connectivity index (χ2n) is 6.72. The van der Waals surface area contributed by atoms with Crippen molar-refractivity contribution >= 4 is 23.8 Å². The number of rotatable bonds is 5. The van der Waals surface area contributed by atoms with Crippen molar-refractivity contribution in [3.63, 3.8) is 0 Å². The molecule has 0 bridgehead atoms. The van der Waals surface area contributed by atoms with Crippen molar-refractivity contribution in [1.82, 2.24) is 0 Å². The van der Waals surface area contributed by atoms with Gasteiger partial charge in [-0.1, -0.05) is 48.0 Å². The molecule has 0 saturated carbocycles. The highest BCUT2D eigenvalue weighted by Gasteiger charge is 2.27. The van der Waals surface area contributed by atoms with E-state index in [1.54, 1.807) is 36.4 Å². The van der Waals surface area contributed by atoms with Crippen LogP contribution in [0.2, 0.25) is 0 Å². The Hall–Kier alpha value is -2.48. The van der Waals surface area contributed by atoms with E-state index in [1.165, 1.54) is 7.11 Å². The molecule has 0 spiro atoms. The normalized spacial score (nSPS) is 13.2. The van der Waals surface area contributed by atoms with Gasteiger partial charge in [0.25, 0.3) is 7.37 Å². The first-order valence-corrected chi connectivity index (χ1v) is 10.4. The van der Waals surface area contributed by atoms with E-state index in [1.807, 2.05) is 51.1 Å². The Kier molecular flexibility index (Phi) is 5.46. The minimum Gasteiger partial charge on any atom is -0.325 e. The SMILES string of the molecule is COP(=O)(c1ccccc1)c1ccc(C(=O)c2c(C)cc(C)cc2C)cc1. The Labute approximate surface area is 160 Å². The van der Waals surface area contributed by atoms with Crippen molar-refractivity contribution in [2.24, 2.45) is 0 Å². The van der Waals surface area contributed by atoms with Crippen LogP contribution in [0.3, 0.4) is 0 Å². The lowest BCUT2D eigenvalue weighted by Crippen LogP contribution is -2.17. The van der Waals surface area contributed by atoms with Crippen LogP contribution in [0.4, 0.5) is 0 Å². The summed E-state index contributed by atoms with van der Waals surface area (Å²) in [6.45, 7) is 5.93. The molecule has 27 heavy (non-hydrogen) atoms. The fourth-order valence-electron chi connectivity index (χ4n) is 3.48. The number of carbonyl (C=O) groups excluding carboxylic acids is 1. The van der Waals surface area contributed by atoms with Gasteiger partial charge in [-0.05, 0) is 56.2 Å². The Morgan fingerprint density at radius 3 is 1.85 bits per heavy atom. The van der Waals surface area contributed by atoms with Gasteiger partial charge in [-0.15, -0.1) is 0 Å². The van der Waals surface area contributed by atoms with E-state index in [2.05, 4.69) is 0 Å². The van der Waals surface area contributed by atoms with Gasteiger partial charge in [0.15, 0.2) is 5.78 Å². The minimum atomic E-state index is -3.16. The Morgan fingerprint density at radius 1 is 0.815 bits per heavy atom. The highest BCUT2D eigenvalue weighted by molar-refractivity contribution is 7.74. The van der Waals surface area contributed by atoms with Crippen molar-refractivity contribution in [2.75, 3.05) is 7.11 Å². The molecular formula is C23H23O3P. The summed E-state index contributed by atoms with van der Waals surface area (Å²) in [5.41, 5.74) is 4.37. The number of benzene rings is 3. The van der Waals surface area contributed by atoms with Crippen LogP contribution in [-0.2, 0) is 9.09 Å². The van der Waals surface area contributed by atoms with Crippen LogP contribution in [0.5, 0.6) is 0 Å². The predicted octanol–water partition coefficient (Wildman–Crippen LogP) is 4.72. The first-order valence-electron chi connectivity index (χ1n) is 8.81. The van der Waals surface area contributed by atoms with Crippen LogP contribution in [0.25, 0.3) is 0 Å². The molecule has 0 N–H and O–H groups in total. The van der Waals surface area contributed by atoms with E-state index in [4.69, 9.17) is 4.52 Å². The maximum Gasteiger partial charge on any atom is 0.261 e.